The van der Waals surface area contributed by atoms with Crippen molar-refractivity contribution in [2.24, 2.45) is 5.92 Å². The first-order valence-corrected chi connectivity index (χ1v) is 10.6. The van der Waals surface area contributed by atoms with E-state index in [0.29, 0.717) is 19.0 Å². The zero-order chi connectivity index (χ0) is 21.4. The van der Waals surface area contributed by atoms with Gasteiger partial charge < -0.3 is 15.3 Å². The molecule has 156 valence electrons. The largest absolute Gasteiger partial charge is 0.480 e. The molecule has 0 spiro atoms. The summed E-state index contributed by atoms with van der Waals surface area (Å²) in [6.45, 7) is 8.37. The molecule has 6 nitrogen and oxygen atoms in total. The summed E-state index contributed by atoms with van der Waals surface area (Å²) in [6.07, 6.45) is 3.84. The monoisotopic (exact) mass is 415 g/mol. The van der Waals surface area contributed by atoms with E-state index in [0.717, 1.165) is 16.3 Å². The number of carbonyl (C=O) groups excluding carboxylic acids is 1. The number of hydrogen-bond acceptors (Lipinski definition) is 4. The Morgan fingerprint density at radius 3 is 2.45 bits per heavy atom. The van der Waals surface area contributed by atoms with E-state index < -0.39 is 18.0 Å². The quantitative estimate of drug-likeness (QED) is 0.627. The molecule has 0 aliphatic carbocycles. The first-order chi connectivity index (χ1) is 13.8. The molecule has 0 saturated carbocycles. The number of rotatable bonds is 9. The van der Waals surface area contributed by atoms with Crippen LogP contribution in [0, 0.1) is 5.92 Å². The van der Waals surface area contributed by atoms with Crippen LogP contribution in [0.15, 0.2) is 41.8 Å². The molecule has 0 radical (unpaired) electrons. The van der Waals surface area contributed by atoms with Crippen molar-refractivity contribution in [3.63, 3.8) is 0 Å². The topological polar surface area (TPSA) is 82.5 Å². The molecular weight excluding hydrogens is 386 g/mol. The van der Waals surface area contributed by atoms with Crippen LogP contribution in [0.3, 0.4) is 0 Å². The molecule has 1 aromatic heterocycles. The molecule has 2 aromatic rings. The molecule has 2 N–H and O–H groups in total. The summed E-state index contributed by atoms with van der Waals surface area (Å²) in [5.74, 6) is -0.930. The van der Waals surface area contributed by atoms with Crippen molar-refractivity contribution in [3.8, 4) is 0 Å². The summed E-state index contributed by atoms with van der Waals surface area (Å²) in [7, 11) is 0. The Morgan fingerprint density at radius 2 is 1.90 bits per heavy atom. The number of amides is 2. The second kappa shape index (κ2) is 10.8. The minimum Gasteiger partial charge on any atom is -0.480 e. The first-order valence-electron chi connectivity index (χ1n) is 9.72. The van der Waals surface area contributed by atoms with Crippen molar-refractivity contribution in [3.05, 3.63) is 58.1 Å². The van der Waals surface area contributed by atoms with Gasteiger partial charge in [0.15, 0.2) is 0 Å². The number of carboxylic acid groups (broad SMARTS) is 1. The van der Waals surface area contributed by atoms with Crippen molar-refractivity contribution in [1.29, 1.82) is 0 Å². The van der Waals surface area contributed by atoms with E-state index in [1.54, 1.807) is 30.1 Å². The number of urea groups is 1. The SMILES string of the molecule is CC(C)c1nc(CN(C/C=C/c2ccccc2)C(=O)N[C@H](C(=O)O)C(C)C)cs1. The van der Waals surface area contributed by atoms with Crippen molar-refractivity contribution in [1.82, 2.24) is 15.2 Å². The average Bonchev–Trinajstić information content (AvgIpc) is 3.14. The molecule has 2 amide bonds. The molecule has 0 saturated heterocycles. The van der Waals surface area contributed by atoms with E-state index in [9.17, 15) is 14.7 Å². The Balaban J connectivity index is 2.15. The maximum atomic E-state index is 12.8. The maximum Gasteiger partial charge on any atom is 0.326 e. The fourth-order valence-electron chi connectivity index (χ4n) is 2.69. The van der Waals surface area contributed by atoms with Gasteiger partial charge in [-0.05, 0) is 11.5 Å². The van der Waals surface area contributed by atoms with Gasteiger partial charge in [-0.3, -0.25) is 0 Å². The lowest BCUT2D eigenvalue weighted by Gasteiger charge is -2.25. The van der Waals surface area contributed by atoms with Crippen molar-refractivity contribution in [2.75, 3.05) is 6.54 Å². The van der Waals surface area contributed by atoms with E-state index in [1.807, 2.05) is 47.9 Å². The highest BCUT2D eigenvalue weighted by Gasteiger charge is 2.26. The zero-order valence-corrected chi connectivity index (χ0v) is 18.1. The molecule has 7 heteroatoms. The van der Waals surface area contributed by atoms with Gasteiger partial charge in [-0.1, -0.05) is 70.2 Å². The van der Waals surface area contributed by atoms with Crippen LogP contribution in [0.1, 0.15) is 49.9 Å². The third-order valence-corrected chi connectivity index (χ3v) is 5.54. The lowest BCUT2D eigenvalue weighted by atomic mass is 10.1. The predicted molar refractivity (Wildman–Crippen MR) is 117 cm³/mol. The Labute approximate surface area is 176 Å². The van der Waals surface area contributed by atoms with Crippen molar-refractivity contribution >= 4 is 29.4 Å². The number of aromatic nitrogens is 1. The number of nitrogens with one attached hydrogen (secondary N) is 1. The van der Waals surface area contributed by atoms with Crippen LogP contribution >= 0.6 is 11.3 Å². The predicted octanol–water partition coefficient (Wildman–Crippen LogP) is 4.60. The fraction of sp³-hybridized carbons (Fsp3) is 0.409. The smallest absolute Gasteiger partial charge is 0.326 e. The molecule has 0 aliphatic rings. The number of hydrogen-bond donors (Lipinski definition) is 2. The molecule has 1 heterocycles. The van der Waals surface area contributed by atoms with Crippen LogP contribution in [0.4, 0.5) is 4.79 Å². The number of benzene rings is 1. The lowest BCUT2D eigenvalue weighted by molar-refractivity contribution is -0.140. The number of nitrogens with zero attached hydrogens (tertiary/aromatic N) is 2. The number of carboxylic acids is 1. The highest BCUT2D eigenvalue weighted by Crippen LogP contribution is 2.20. The number of thiazole rings is 1. The summed E-state index contributed by atoms with van der Waals surface area (Å²) in [6, 6.07) is 8.46. The highest BCUT2D eigenvalue weighted by atomic mass is 32.1. The van der Waals surface area contributed by atoms with E-state index in [-0.39, 0.29) is 5.92 Å². The van der Waals surface area contributed by atoms with Gasteiger partial charge in [-0.25, -0.2) is 14.6 Å². The van der Waals surface area contributed by atoms with Gasteiger partial charge in [-0.2, -0.15) is 0 Å². The summed E-state index contributed by atoms with van der Waals surface area (Å²) in [5, 5.41) is 15.0. The maximum absolute atomic E-state index is 12.8. The molecule has 1 atom stereocenters. The highest BCUT2D eigenvalue weighted by molar-refractivity contribution is 7.09. The summed E-state index contributed by atoms with van der Waals surface area (Å²) < 4.78 is 0. The Kier molecular flexibility index (Phi) is 8.39. The zero-order valence-electron chi connectivity index (χ0n) is 17.3. The van der Waals surface area contributed by atoms with Crippen LogP contribution in [-0.2, 0) is 11.3 Å². The Hall–Kier alpha value is -2.67. The van der Waals surface area contributed by atoms with E-state index >= 15 is 0 Å². The molecule has 2 rings (SSSR count). The standard InChI is InChI=1S/C22H29N3O3S/c1-15(2)19(21(26)27)24-22(28)25(12-8-11-17-9-6-5-7-10-17)13-18-14-29-20(23-18)16(3)4/h5-11,14-16,19H,12-13H2,1-4H3,(H,24,28)(H,26,27)/b11-8+/t19-/m0/s1. The molecule has 0 unspecified atom stereocenters. The minimum absolute atomic E-state index is 0.218. The normalized spacial score (nSPS) is 12.5. The third kappa shape index (κ3) is 7.02. The van der Waals surface area contributed by atoms with Crippen molar-refractivity contribution in [2.45, 2.75) is 46.2 Å². The fourth-order valence-corrected chi connectivity index (χ4v) is 3.52. The van der Waals surface area contributed by atoms with Crippen LogP contribution in [0.2, 0.25) is 0 Å². The summed E-state index contributed by atoms with van der Waals surface area (Å²) in [4.78, 5) is 30.5. The molecular formula is C22H29N3O3S. The van der Waals surface area contributed by atoms with Gasteiger partial charge in [0, 0.05) is 17.8 Å². The second-order valence-electron chi connectivity index (χ2n) is 7.53. The lowest BCUT2D eigenvalue weighted by Crippen LogP contribution is -2.50. The van der Waals surface area contributed by atoms with Crippen LogP contribution in [-0.4, -0.2) is 39.6 Å². The minimum atomic E-state index is -1.04. The van der Waals surface area contributed by atoms with Gasteiger partial charge in [0.2, 0.25) is 0 Å². The summed E-state index contributed by atoms with van der Waals surface area (Å²) in [5.41, 5.74) is 1.84. The van der Waals surface area contributed by atoms with Crippen LogP contribution in [0.5, 0.6) is 0 Å². The third-order valence-electron chi connectivity index (χ3n) is 4.35. The number of aliphatic carboxylic acids is 1. The van der Waals surface area contributed by atoms with Gasteiger partial charge in [0.25, 0.3) is 0 Å². The van der Waals surface area contributed by atoms with Gasteiger partial charge >= 0.3 is 12.0 Å². The second-order valence-corrected chi connectivity index (χ2v) is 8.42. The molecule has 0 fully saturated rings. The number of carbonyl (C=O) groups is 2. The molecule has 0 bridgehead atoms. The summed E-state index contributed by atoms with van der Waals surface area (Å²) >= 11 is 1.57. The van der Waals surface area contributed by atoms with E-state index in [4.69, 9.17) is 0 Å². The van der Waals surface area contributed by atoms with Gasteiger partial charge in [0.1, 0.15) is 6.04 Å². The van der Waals surface area contributed by atoms with Crippen molar-refractivity contribution < 1.29 is 14.7 Å². The Bertz CT molecular complexity index is 831. The molecule has 0 aliphatic heterocycles. The van der Waals surface area contributed by atoms with Gasteiger partial charge in [0.05, 0.1) is 17.2 Å². The molecule has 29 heavy (non-hydrogen) atoms. The van der Waals surface area contributed by atoms with Crippen LogP contribution < -0.4 is 5.32 Å². The van der Waals surface area contributed by atoms with Gasteiger partial charge in [-0.15, -0.1) is 11.3 Å². The first kappa shape index (κ1) is 22.6. The van der Waals surface area contributed by atoms with E-state index in [2.05, 4.69) is 24.1 Å². The molecule has 1 aromatic carbocycles. The Morgan fingerprint density at radius 1 is 1.21 bits per heavy atom. The average molecular weight is 416 g/mol. The van der Waals surface area contributed by atoms with Crippen LogP contribution in [0.25, 0.3) is 6.08 Å². The van der Waals surface area contributed by atoms with E-state index in [1.165, 1.54) is 0 Å².